The number of rotatable bonds is 5. The molecule has 3 heterocycles. The predicted octanol–water partition coefficient (Wildman–Crippen LogP) is 4.33. The third kappa shape index (κ3) is 3.26. The molecule has 0 radical (unpaired) electrons. The van der Waals surface area contributed by atoms with Crippen molar-refractivity contribution in [1.29, 1.82) is 0 Å². The molecule has 154 valence electrons. The Bertz CT molecular complexity index is 1330. The minimum atomic E-state index is -0.580. The maximum absolute atomic E-state index is 13.5. The second kappa shape index (κ2) is 7.72. The first-order valence-corrected chi connectivity index (χ1v) is 10.2. The maximum atomic E-state index is 13.5. The van der Waals surface area contributed by atoms with Crippen LogP contribution in [-0.2, 0) is 6.54 Å². The molecule has 1 atom stereocenters. The third-order valence-corrected chi connectivity index (χ3v) is 5.43. The van der Waals surface area contributed by atoms with Crippen molar-refractivity contribution < 1.29 is 13.9 Å². The van der Waals surface area contributed by atoms with Gasteiger partial charge in [0.15, 0.2) is 5.43 Å². The van der Waals surface area contributed by atoms with Crippen molar-refractivity contribution in [3.05, 3.63) is 106 Å². The molecule has 0 N–H and O–H groups in total. The molecule has 2 aromatic carbocycles. The van der Waals surface area contributed by atoms with Crippen LogP contribution in [0.15, 0.2) is 82.3 Å². The molecule has 1 aliphatic heterocycles. The fourth-order valence-electron chi connectivity index (χ4n) is 4.11. The van der Waals surface area contributed by atoms with Crippen molar-refractivity contribution in [3.8, 4) is 5.75 Å². The highest BCUT2D eigenvalue weighted by molar-refractivity contribution is 5.99. The number of hydrogen-bond donors (Lipinski definition) is 0. The lowest BCUT2D eigenvalue weighted by Gasteiger charge is -2.25. The summed E-state index contributed by atoms with van der Waals surface area (Å²) in [5, 5.41) is 0.461. The Balaban J connectivity index is 1.71. The van der Waals surface area contributed by atoms with Crippen LogP contribution in [0.25, 0.3) is 11.0 Å². The van der Waals surface area contributed by atoms with Gasteiger partial charge in [-0.05, 0) is 48.4 Å². The highest BCUT2D eigenvalue weighted by atomic mass is 16.5. The average Bonchev–Trinajstić information content (AvgIpc) is 3.07. The summed E-state index contributed by atoms with van der Waals surface area (Å²) >= 11 is 0. The number of ether oxygens (including phenoxy) is 1. The number of fused-ring (bicyclic) bond motifs is 2. The molecular formula is C25H20N2O4. The van der Waals surface area contributed by atoms with Gasteiger partial charge in [-0.15, -0.1) is 0 Å². The molecule has 0 saturated heterocycles. The van der Waals surface area contributed by atoms with Crippen LogP contribution in [0.2, 0.25) is 0 Å². The van der Waals surface area contributed by atoms with E-state index in [1.54, 1.807) is 41.6 Å². The van der Waals surface area contributed by atoms with Gasteiger partial charge in [0, 0.05) is 18.9 Å². The molecule has 1 aliphatic rings. The quantitative estimate of drug-likeness (QED) is 0.488. The second-order valence-corrected chi connectivity index (χ2v) is 7.37. The normalized spacial score (nSPS) is 15.3. The predicted molar refractivity (Wildman–Crippen MR) is 116 cm³/mol. The number of pyridine rings is 1. The van der Waals surface area contributed by atoms with E-state index >= 15 is 0 Å². The zero-order valence-electron chi connectivity index (χ0n) is 16.9. The SMILES string of the molecule is CCOc1cccc([C@@H]2c3c(oc4ccccc4c3=O)C(=O)N2Cc2cccnc2)c1. The summed E-state index contributed by atoms with van der Waals surface area (Å²) in [4.78, 5) is 32.7. The Morgan fingerprint density at radius 3 is 2.74 bits per heavy atom. The molecule has 6 nitrogen and oxygen atoms in total. The van der Waals surface area contributed by atoms with Gasteiger partial charge in [0.1, 0.15) is 11.3 Å². The molecular weight excluding hydrogens is 392 g/mol. The average molecular weight is 412 g/mol. The Morgan fingerprint density at radius 1 is 1.06 bits per heavy atom. The molecule has 0 spiro atoms. The fraction of sp³-hybridized carbons (Fsp3) is 0.160. The largest absolute Gasteiger partial charge is 0.494 e. The summed E-state index contributed by atoms with van der Waals surface area (Å²) in [5.74, 6) is 0.473. The molecule has 31 heavy (non-hydrogen) atoms. The summed E-state index contributed by atoms with van der Waals surface area (Å²) in [6.07, 6.45) is 3.40. The molecule has 0 fully saturated rings. The Morgan fingerprint density at radius 2 is 1.94 bits per heavy atom. The number of para-hydroxylation sites is 1. The van der Waals surface area contributed by atoms with Gasteiger partial charge in [-0.25, -0.2) is 0 Å². The molecule has 0 bridgehead atoms. The van der Waals surface area contributed by atoms with Crippen molar-refractivity contribution in [2.75, 3.05) is 6.61 Å². The lowest BCUT2D eigenvalue weighted by Crippen LogP contribution is -2.29. The smallest absolute Gasteiger partial charge is 0.291 e. The number of benzene rings is 2. The number of aromatic nitrogens is 1. The zero-order chi connectivity index (χ0) is 21.4. The van der Waals surface area contributed by atoms with Gasteiger partial charge in [0.25, 0.3) is 5.91 Å². The van der Waals surface area contributed by atoms with E-state index in [-0.39, 0.29) is 17.1 Å². The van der Waals surface area contributed by atoms with Crippen LogP contribution in [0.3, 0.4) is 0 Å². The molecule has 5 rings (SSSR count). The maximum Gasteiger partial charge on any atom is 0.291 e. The van der Waals surface area contributed by atoms with Gasteiger partial charge < -0.3 is 14.1 Å². The zero-order valence-corrected chi connectivity index (χ0v) is 16.9. The highest BCUT2D eigenvalue weighted by Crippen LogP contribution is 2.39. The van der Waals surface area contributed by atoms with Crippen LogP contribution < -0.4 is 10.2 Å². The number of hydrogen-bond acceptors (Lipinski definition) is 5. The molecule has 0 unspecified atom stereocenters. The van der Waals surface area contributed by atoms with Gasteiger partial charge in [-0.1, -0.05) is 30.3 Å². The van der Waals surface area contributed by atoms with E-state index in [4.69, 9.17) is 9.15 Å². The molecule has 6 heteroatoms. The standard InChI is InChI=1S/C25H20N2O4/c1-2-30-18-9-5-8-17(13-18)22-21-23(28)19-10-3-4-11-20(19)31-24(21)25(29)27(22)15-16-7-6-12-26-14-16/h3-14,22H,2,15H2,1H3/t22-/m1/s1. The summed E-state index contributed by atoms with van der Waals surface area (Å²) in [7, 11) is 0. The monoisotopic (exact) mass is 412 g/mol. The second-order valence-electron chi connectivity index (χ2n) is 7.37. The van der Waals surface area contributed by atoms with E-state index in [0.717, 1.165) is 11.1 Å². The summed E-state index contributed by atoms with van der Waals surface area (Å²) < 4.78 is 11.6. The third-order valence-electron chi connectivity index (χ3n) is 5.43. The van der Waals surface area contributed by atoms with E-state index < -0.39 is 6.04 Å². The first-order valence-electron chi connectivity index (χ1n) is 10.2. The van der Waals surface area contributed by atoms with E-state index in [9.17, 15) is 9.59 Å². The minimum Gasteiger partial charge on any atom is -0.494 e. The Kier molecular flexibility index (Phi) is 4.75. The first kappa shape index (κ1) is 19.1. The minimum absolute atomic E-state index is 0.0967. The van der Waals surface area contributed by atoms with Crippen LogP contribution in [0, 0.1) is 0 Å². The van der Waals surface area contributed by atoms with Crippen LogP contribution >= 0.6 is 0 Å². The van der Waals surface area contributed by atoms with E-state index in [1.165, 1.54) is 0 Å². The molecule has 4 aromatic rings. The number of amides is 1. The van der Waals surface area contributed by atoms with Gasteiger partial charge in [0.05, 0.1) is 23.6 Å². The molecule has 1 amide bonds. The summed E-state index contributed by atoms with van der Waals surface area (Å²) in [6, 6.07) is 17.7. The summed E-state index contributed by atoms with van der Waals surface area (Å²) in [5.41, 5.74) is 2.24. The number of carbonyl (C=O) groups excluding carboxylic acids is 1. The fourth-order valence-corrected chi connectivity index (χ4v) is 4.11. The van der Waals surface area contributed by atoms with Gasteiger partial charge in [-0.3, -0.25) is 14.6 Å². The summed E-state index contributed by atoms with van der Waals surface area (Å²) in [6.45, 7) is 2.74. The van der Waals surface area contributed by atoms with Crippen LogP contribution in [0.5, 0.6) is 5.75 Å². The van der Waals surface area contributed by atoms with Crippen molar-refractivity contribution in [1.82, 2.24) is 9.88 Å². The highest BCUT2D eigenvalue weighted by Gasteiger charge is 2.42. The van der Waals surface area contributed by atoms with E-state index in [1.807, 2.05) is 43.3 Å². The van der Waals surface area contributed by atoms with Gasteiger partial charge in [-0.2, -0.15) is 0 Å². The van der Waals surface area contributed by atoms with Crippen molar-refractivity contribution in [3.63, 3.8) is 0 Å². The van der Waals surface area contributed by atoms with Crippen molar-refractivity contribution in [2.24, 2.45) is 0 Å². The molecule has 2 aromatic heterocycles. The van der Waals surface area contributed by atoms with Gasteiger partial charge >= 0.3 is 0 Å². The van der Waals surface area contributed by atoms with Crippen molar-refractivity contribution in [2.45, 2.75) is 19.5 Å². The van der Waals surface area contributed by atoms with Crippen molar-refractivity contribution >= 4 is 16.9 Å². The topological polar surface area (TPSA) is 72.6 Å². The van der Waals surface area contributed by atoms with E-state index in [0.29, 0.717) is 35.4 Å². The van der Waals surface area contributed by atoms with Crippen LogP contribution in [0.4, 0.5) is 0 Å². The van der Waals surface area contributed by atoms with E-state index in [2.05, 4.69) is 4.98 Å². The first-order chi connectivity index (χ1) is 15.2. The lowest BCUT2D eigenvalue weighted by molar-refractivity contribution is 0.0714. The van der Waals surface area contributed by atoms with Crippen LogP contribution in [-0.4, -0.2) is 22.4 Å². The Labute approximate surface area is 178 Å². The number of nitrogens with zero attached hydrogens (tertiary/aromatic N) is 2. The number of carbonyl (C=O) groups is 1. The van der Waals surface area contributed by atoms with Crippen LogP contribution in [0.1, 0.15) is 40.2 Å². The molecule has 0 aliphatic carbocycles. The lowest BCUT2D eigenvalue weighted by atomic mass is 9.98. The molecule has 0 saturated carbocycles. The Hall–Kier alpha value is -3.93. The van der Waals surface area contributed by atoms with Gasteiger partial charge in [0.2, 0.25) is 5.76 Å².